The molecule has 2 fully saturated rings. The van der Waals surface area contributed by atoms with Crippen molar-refractivity contribution >= 4 is 23.2 Å². The van der Waals surface area contributed by atoms with Crippen LogP contribution < -0.4 is 5.32 Å². The second-order valence-corrected chi connectivity index (χ2v) is 7.96. The second-order valence-electron chi connectivity index (χ2n) is 7.18. The van der Waals surface area contributed by atoms with Gasteiger partial charge in [0.15, 0.2) is 0 Å². The summed E-state index contributed by atoms with van der Waals surface area (Å²) in [6.07, 6.45) is 2.20. The summed E-state index contributed by atoms with van der Waals surface area (Å²) in [4.78, 5) is 27.4. The molecular weight excluding hydrogens is 332 g/mol. The third-order valence-corrected chi connectivity index (χ3v) is 6.25. The first-order valence-electron chi connectivity index (χ1n) is 8.74. The zero-order chi connectivity index (χ0) is 17.4. The lowest BCUT2D eigenvalue weighted by molar-refractivity contribution is -0.129. The van der Waals surface area contributed by atoms with Crippen LogP contribution in [0.1, 0.15) is 36.0 Å². The number of nitrogens with one attached hydrogen (secondary N) is 1. The van der Waals surface area contributed by atoms with Crippen LogP contribution in [0.5, 0.6) is 0 Å². The van der Waals surface area contributed by atoms with Gasteiger partial charge in [-0.25, -0.2) is 0 Å². The van der Waals surface area contributed by atoms with Crippen molar-refractivity contribution in [2.45, 2.75) is 44.2 Å². The van der Waals surface area contributed by atoms with E-state index in [1.807, 2.05) is 41.5 Å². The van der Waals surface area contributed by atoms with E-state index < -0.39 is 5.41 Å². The number of benzene rings is 1. The average molecular weight is 354 g/mol. The SMILES string of the molecule is Cc1cccc([C@]2(C(=O)NCc3ccsc3)C[C@@H]3CCC(=O)N3C2)c1. The minimum Gasteiger partial charge on any atom is -0.351 e. The van der Waals surface area contributed by atoms with Gasteiger partial charge in [0, 0.05) is 25.6 Å². The molecule has 4 nitrogen and oxygen atoms in total. The molecule has 2 aliphatic rings. The van der Waals surface area contributed by atoms with Gasteiger partial charge < -0.3 is 10.2 Å². The third kappa shape index (κ3) is 2.86. The van der Waals surface area contributed by atoms with Crippen LogP contribution in [-0.4, -0.2) is 29.3 Å². The van der Waals surface area contributed by atoms with Crippen molar-refractivity contribution in [3.8, 4) is 0 Å². The maximum Gasteiger partial charge on any atom is 0.232 e. The topological polar surface area (TPSA) is 49.4 Å². The van der Waals surface area contributed by atoms with Crippen molar-refractivity contribution in [3.05, 3.63) is 57.8 Å². The molecule has 4 rings (SSSR count). The molecular formula is C20H22N2O2S. The van der Waals surface area contributed by atoms with Gasteiger partial charge in [0.05, 0.1) is 5.41 Å². The summed E-state index contributed by atoms with van der Waals surface area (Å²) in [6.45, 7) is 3.08. The number of hydrogen-bond donors (Lipinski definition) is 1. The van der Waals surface area contributed by atoms with E-state index in [-0.39, 0.29) is 17.9 Å². The van der Waals surface area contributed by atoms with Crippen LogP contribution >= 0.6 is 11.3 Å². The molecule has 0 unspecified atom stereocenters. The summed E-state index contributed by atoms with van der Waals surface area (Å²) in [6, 6.07) is 10.4. The molecule has 25 heavy (non-hydrogen) atoms. The maximum atomic E-state index is 13.3. The van der Waals surface area contributed by atoms with Gasteiger partial charge in [0.2, 0.25) is 11.8 Å². The number of carbonyl (C=O) groups excluding carboxylic acids is 2. The van der Waals surface area contributed by atoms with Gasteiger partial charge in [0.25, 0.3) is 0 Å². The lowest BCUT2D eigenvalue weighted by Crippen LogP contribution is -2.46. The second kappa shape index (κ2) is 6.30. The molecule has 1 N–H and O–H groups in total. The molecule has 2 aliphatic heterocycles. The largest absolute Gasteiger partial charge is 0.351 e. The fourth-order valence-electron chi connectivity index (χ4n) is 4.17. The number of thiophene rings is 1. The molecule has 0 saturated carbocycles. The van der Waals surface area contributed by atoms with Crippen LogP contribution in [-0.2, 0) is 21.5 Å². The van der Waals surface area contributed by atoms with Crippen LogP contribution in [0.3, 0.4) is 0 Å². The minimum absolute atomic E-state index is 0.0338. The van der Waals surface area contributed by atoms with E-state index in [0.29, 0.717) is 19.5 Å². The Morgan fingerprint density at radius 3 is 3.00 bits per heavy atom. The van der Waals surface area contributed by atoms with Gasteiger partial charge in [-0.3, -0.25) is 9.59 Å². The zero-order valence-electron chi connectivity index (χ0n) is 14.3. The summed E-state index contributed by atoms with van der Waals surface area (Å²) in [5.74, 6) is 0.219. The number of aryl methyl sites for hydroxylation is 1. The predicted octanol–water partition coefficient (Wildman–Crippen LogP) is 3.01. The minimum atomic E-state index is -0.636. The number of fused-ring (bicyclic) bond motifs is 1. The molecule has 5 heteroatoms. The van der Waals surface area contributed by atoms with Crippen molar-refractivity contribution in [2.75, 3.05) is 6.54 Å². The van der Waals surface area contributed by atoms with Gasteiger partial charge in [-0.05, 0) is 47.7 Å². The molecule has 2 atom stereocenters. The van der Waals surface area contributed by atoms with E-state index in [1.54, 1.807) is 11.3 Å². The van der Waals surface area contributed by atoms with Crippen molar-refractivity contribution in [1.29, 1.82) is 0 Å². The fraction of sp³-hybridized carbons (Fsp3) is 0.400. The summed E-state index contributed by atoms with van der Waals surface area (Å²) in [7, 11) is 0. The van der Waals surface area contributed by atoms with Gasteiger partial charge in [-0.15, -0.1) is 0 Å². The van der Waals surface area contributed by atoms with Crippen LogP contribution in [0, 0.1) is 6.92 Å². The monoisotopic (exact) mass is 354 g/mol. The van der Waals surface area contributed by atoms with Crippen molar-refractivity contribution in [3.63, 3.8) is 0 Å². The zero-order valence-corrected chi connectivity index (χ0v) is 15.1. The number of rotatable bonds is 4. The molecule has 1 aromatic heterocycles. The molecule has 0 aliphatic carbocycles. The quantitative estimate of drug-likeness (QED) is 0.918. The van der Waals surface area contributed by atoms with Crippen molar-refractivity contribution in [2.24, 2.45) is 0 Å². The molecule has 3 heterocycles. The predicted molar refractivity (Wildman–Crippen MR) is 98.4 cm³/mol. The van der Waals surface area contributed by atoms with Gasteiger partial charge >= 0.3 is 0 Å². The van der Waals surface area contributed by atoms with Gasteiger partial charge in [0.1, 0.15) is 0 Å². The summed E-state index contributed by atoms with van der Waals surface area (Å²) in [5.41, 5.74) is 2.65. The number of hydrogen-bond acceptors (Lipinski definition) is 3. The van der Waals surface area contributed by atoms with Crippen LogP contribution in [0.15, 0.2) is 41.1 Å². The first-order valence-corrected chi connectivity index (χ1v) is 9.69. The highest BCUT2D eigenvalue weighted by Crippen LogP contribution is 2.43. The van der Waals surface area contributed by atoms with E-state index in [0.717, 1.165) is 29.5 Å². The molecule has 0 radical (unpaired) electrons. The molecule has 0 bridgehead atoms. The number of nitrogens with zero attached hydrogens (tertiary/aromatic N) is 1. The first-order chi connectivity index (χ1) is 12.1. The van der Waals surface area contributed by atoms with E-state index in [4.69, 9.17) is 0 Å². The Balaban J connectivity index is 1.64. The van der Waals surface area contributed by atoms with E-state index in [9.17, 15) is 9.59 Å². The van der Waals surface area contributed by atoms with Gasteiger partial charge in [-0.2, -0.15) is 11.3 Å². The molecule has 2 saturated heterocycles. The molecule has 1 aromatic carbocycles. The summed E-state index contributed by atoms with van der Waals surface area (Å²) >= 11 is 1.63. The first kappa shape index (κ1) is 16.3. The lowest BCUT2D eigenvalue weighted by atomic mass is 9.76. The highest BCUT2D eigenvalue weighted by molar-refractivity contribution is 7.07. The van der Waals surface area contributed by atoms with Crippen LogP contribution in [0.2, 0.25) is 0 Å². The smallest absolute Gasteiger partial charge is 0.232 e. The highest BCUT2D eigenvalue weighted by atomic mass is 32.1. The Bertz CT molecular complexity index is 802. The summed E-state index contributed by atoms with van der Waals surface area (Å²) in [5, 5.41) is 7.19. The van der Waals surface area contributed by atoms with E-state index in [2.05, 4.69) is 16.8 Å². The lowest BCUT2D eigenvalue weighted by Gasteiger charge is -2.29. The third-order valence-electron chi connectivity index (χ3n) is 5.52. The maximum absolute atomic E-state index is 13.3. The highest BCUT2D eigenvalue weighted by Gasteiger charge is 2.53. The standard InChI is InChI=1S/C20H22N2O2S/c1-14-3-2-4-16(9-14)20(10-17-5-6-18(23)22(17)13-20)19(24)21-11-15-7-8-25-12-15/h2-4,7-9,12,17H,5-6,10-11,13H2,1H3,(H,21,24)/t17-,20-/m0/s1. The van der Waals surface area contributed by atoms with E-state index >= 15 is 0 Å². The van der Waals surface area contributed by atoms with Crippen LogP contribution in [0.25, 0.3) is 0 Å². The Morgan fingerprint density at radius 2 is 2.28 bits per heavy atom. The molecule has 2 amide bonds. The normalized spacial score (nSPS) is 25.2. The molecule has 2 aromatic rings. The Kier molecular flexibility index (Phi) is 4.12. The van der Waals surface area contributed by atoms with Crippen molar-refractivity contribution in [1.82, 2.24) is 10.2 Å². The number of amides is 2. The average Bonchev–Trinajstić information content (AvgIpc) is 3.31. The Morgan fingerprint density at radius 1 is 1.40 bits per heavy atom. The summed E-state index contributed by atoms with van der Waals surface area (Å²) < 4.78 is 0. The van der Waals surface area contributed by atoms with E-state index in [1.165, 1.54) is 0 Å². The van der Waals surface area contributed by atoms with Crippen molar-refractivity contribution < 1.29 is 9.59 Å². The fourth-order valence-corrected chi connectivity index (χ4v) is 4.84. The van der Waals surface area contributed by atoms with Gasteiger partial charge in [-0.1, -0.05) is 29.8 Å². The Hall–Kier alpha value is -2.14. The molecule has 130 valence electrons. The molecule has 0 spiro atoms. The number of carbonyl (C=O) groups is 2. The Labute approximate surface area is 151 Å². The van der Waals surface area contributed by atoms with Crippen LogP contribution in [0.4, 0.5) is 0 Å².